The number of hydrogen-bond donors (Lipinski definition) is 2. The third kappa shape index (κ3) is 5.11. The van der Waals surface area contributed by atoms with E-state index in [1.54, 1.807) is 31.1 Å². The molecule has 4 rings (SSSR count). The fourth-order valence-corrected chi connectivity index (χ4v) is 5.41. The summed E-state index contributed by atoms with van der Waals surface area (Å²) in [6.45, 7) is 0. The first-order chi connectivity index (χ1) is 17.0. The predicted molar refractivity (Wildman–Crippen MR) is 148 cm³/mol. The van der Waals surface area contributed by atoms with Gasteiger partial charge in [-0.3, -0.25) is 14.4 Å². The Hall–Kier alpha value is -2.97. The number of amides is 3. The minimum Gasteiger partial charge on any atom is -0.356 e. The van der Waals surface area contributed by atoms with Crippen LogP contribution in [0.5, 0.6) is 0 Å². The molecular weight excluding hydrogens is 496 g/mol. The van der Waals surface area contributed by atoms with Gasteiger partial charge < -0.3 is 20.1 Å². The van der Waals surface area contributed by atoms with E-state index in [4.69, 9.17) is 11.6 Å². The summed E-state index contributed by atoms with van der Waals surface area (Å²) >= 11 is 6.05. The van der Waals surface area contributed by atoms with Gasteiger partial charge in [-0.15, -0.1) is 11.6 Å². The van der Waals surface area contributed by atoms with Crippen LogP contribution in [0, 0.1) is 0 Å². The van der Waals surface area contributed by atoms with Gasteiger partial charge in [0.1, 0.15) is 11.9 Å². The number of nitrogens with one attached hydrogen (secondary N) is 2. The van der Waals surface area contributed by atoms with Crippen LogP contribution in [0.2, 0.25) is 0 Å². The second kappa shape index (κ2) is 10.2. The Morgan fingerprint density at radius 2 is 1.75 bits per heavy atom. The van der Waals surface area contributed by atoms with Crippen LogP contribution in [0.4, 0.5) is 0 Å². The lowest BCUT2D eigenvalue weighted by atomic mass is 9.87. The van der Waals surface area contributed by atoms with Gasteiger partial charge in [-0.05, 0) is 48.1 Å². The van der Waals surface area contributed by atoms with Crippen molar-refractivity contribution in [1.82, 2.24) is 20.1 Å². The topological polar surface area (TPSA) is 85.5 Å². The predicted octanol–water partition coefficient (Wildman–Crippen LogP) is 3.72. The largest absolute Gasteiger partial charge is 0.356 e. The van der Waals surface area contributed by atoms with Gasteiger partial charge in [0.05, 0.1) is 6.04 Å². The van der Waals surface area contributed by atoms with Gasteiger partial charge in [-0.2, -0.15) is 0 Å². The number of aromatic nitrogens is 1. The normalized spacial score (nSPS) is 18.0. The number of H-pyrrole nitrogens is 1. The molecule has 192 valence electrons. The van der Waals surface area contributed by atoms with Crippen molar-refractivity contribution >= 4 is 50.3 Å². The molecule has 0 radical (unpaired) electrons. The van der Waals surface area contributed by atoms with E-state index < -0.39 is 22.1 Å². The van der Waals surface area contributed by atoms with E-state index in [1.165, 1.54) is 4.90 Å². The molecule has 0 saturated heterocycles. The van der Waals surface area contributed by atoms with E-state index in [0.29, 0.717) is 17.9 Å². The number of carbonyl (C=O) groups is 3. The Labute approximate surface area is 218 Å². The first kappa shape index (κ1) is 26.1. The Morgan fingerprint density at radius 3 is 2.36 bits per heavy atom. The molecule has 2 aromatic carbocycles. The summed E-state index contributed by atoms with van der Waals surface area (Å²) in [5, 5.41) is 4.04. The minimum absolute atomic E-state index is 0.131. The SMILES string of the molecule is CN(C)C(=O)[C@H]1Cc2c([nH]c3ccccc23)[C@H](c2ccc(C(=O)NCS(C)(C)C)cc2)N1C(=O)CCl. The number of aromatic amines is 1. The van der Waals surface area contributed by atoms with Crippen LogP contribution in [-0.4, -0.2) is 83.2 Å². The molecule has 2 atom stereocenters. The number of alkyl halides is 1. The van der Waals surface area contributed by atoms with Gasteiger partial charge in [0.2, 0.25) is 11.8 Å². The van der Waals surface area contributed by atoms with Crippen molar-refractivity contribution in [2.75, 3.05) is 44.6 Å². The van der Waals surface area contributed by atoms with Crippen molar-refractivity contribution < 1.29 is 14.4 Å². The van der Waals surface area contributed by atoms with Crippen LogP contribution in [0.15, 0.2) is 48.5 Å². The van der Waals surface area contributed by atoms with Crippen molar-refractivity contribution in [3.05, 3.63) is 70.9 Å². The van der Waals surface area contributed by atoms with Crippen LogP contribution in [0.3, 0.4) is 0 Å². The third-order valence-corrected chi connectivity index (χ3v) is 7.65. The molecule has 0 aliphatic carbocycles. The zero-order chi connectivity index (χ0) is 26.2. The summed E-state index contributed by atoms with van der Waals surface area (Å²) in [7, 11) is 2.52. The standard InChI is InChI=1S/C27H33ClN4O3S/c1-31(2)27(35)22-14-20-19-8-6-7-9-21(19)30-24(20)25(32(22)23(33)15-28)17-10-12-18(13-11-17)26(34)29-16-36(3,4)5/h6-13,22,25,30H,14-16H2,1-5H3,(H,29,34)/t22-,25+/m1/s1. The number of nitrogens with zero attached hydrogens (tertiary/aromatic N) is 2. The number of likely N-dealkylation sites (N-methyl/N-ethyl adjacent to an activating group) is 1. The first-order valence-electron chi connectivity index (χ1n) is 11.7. The summed E-state index contributed by atoms with van der Waals surface area (Å²) in [5.41, 5.74) is 4.18. The summed E-state index contributed by atoms with van der Waals surface area (Å²) in [4.78, 5) is 45.8. The van der Waals surface area contributed by atoms with E-state index in [0.717, 1.165) is 27.7 Å². The molecule has 2 heterocycles. The van der Waals surface area contributed by atoms with Crippen molar-refractivity contribution in [2.24, 2.45) is 0 Å². The highest BCUT2D eigenvalue weighted by atomic mass is 35.5. The molecular formula is C27H33ClN4O3S. The lowest BCUT2D eigenvalue weighted by molar-refractivity contribution is -0.145. The van der Waals surface area contributed by atoms with Gasteiger partial charge in [0.15, 0.2) is 0 Å². The first-order valence-corrected chi connectivity index (χ1v) is 15.3. The smallest absolute Gasteiger partial charge is 0.251 e. The lowest BCUT2D eigenvalue weighted by Crippen LogP contribution is -2.54. The van der Waals surface area contributed by atoms with Gasteiger partial charge in [-0.1, -0.05) is 30.3 Å². The lowest BCUT2D eigenvalue weighted by Gasteiger charge is -2.42. The van der Waals surface area contributed by atoms with Crippen LogP contribution < -0.4 is 5.32 Å². The monoisotopic (exact) mass is 528 g/mol. The van der Waals surface area contributed by atoms with E-state index >= 15 is 0 Å². The molecule has 0 bridgehead atoms. The molecule has 0 spiro atoms. The van der Waals surface area contributed by atoms with Crippen molar-refractivity contribution in [1.29, 1.82) is 0 Å². The van der Waals surface area contributed by atoms with Crippen LogP contribution in [-0.2, 0) is 16.0 Å². The Bertz CT molecular complexity index is 1300. The average molecular weight is 529 g/mol. The Kier molecular flexibility index (Phi) is 7.38. The third-order valence-electron chi connectivity index (χ3n) is 6.41. The summed E-state index contributed by atoms with van der Waals surface area (Å²) in [6.07, 6.45) is 6.83. The Morgan fingerprint density at radius 1 is 1.08 bits per heavy atom. The number of rotatable bonds is 6. The molecule has 1 aliphatic rings. The second-order valence-corrected chi connectivity index (χ2v) is 15.0. The highest BCUT2D eigenvalue weighted by Gasteiger charge is 2.43. The van der Waals surface area contributed by atoms with E-state index in [9.17, 15) is 14.4 Å². The molecule has 3 aromatic rings. The zero-order valence-corrected chi connectivity index (χ0v) is 22.9. The summed E-state index contributed by atoms with van der Waals surface area (Å²) in [5.74, 6) is -0.204. The number of benzene rings is 2. The number of halogens is 1. The molecule has 0 fully saturated rings. The van der Waals surface area contributed by atoms with E-state index in [2.05, 4.69) is 29.1 Å². The van der Waals surface area contributed by atoms with Crippen LogP contribution >= 0.6 is 21.6 Å². The van der Waals surface area contributed by atoms with Crippen molar-refractivity contribution in [2.45, 2.75) is 18.5 Å². The highest BCUT2D eigenvalue weighted by molar-refractivity contribution is 8.32. The summed E-state index contributed by atoms with van der Waals surface area (Å²) in [6, 6.07) is 14.0. The van der Waals surface area contributed by atoms with Crippen molar-refractivity contribution in [3.63, 3.8) is 0 Å². The summed E-state index contributed by atoms with van der Waals surface area (Å²) < 4.78 is 0. The minimum atomic E-state index is -0.869. The average Bonchev–Trinajstić information content (AvgIpc) is 3.23. The highest BCUT2D eigenvalue weighted by Crippen LogP contribution is 2.41. The maximum atomic E-state index is 13.3. The van der Waals surface area contributed by atoms with Gasteiger partial charge in [-0.25, -0.2) is 10.0 Å². The van der Waals surface area contributed by atoms with Gasteiger partial charge in [0, 0.05) is 48.6 Å². The zero-order valence-electron chi connectivity index (χ0n) is 21.3. The molecule has 2 N–H and O–H groups in total. The Balaban J connectivity index is 1.80. The maximum absolute atomic E-state index is 13.3. The van der Waals surface area contributed by atoms with E-state index in [-0.39, 0.29) is 23.6 Å². The number of hydrogen-bond acceptors (Lipinski definition) is 3. The molecule has 7 nitrogen and oxygen atoms in total. The quantitative estimate of drug-likeness (QED) is 0.478. The molecule has 1 aliphatic heterocycles. The van der Waals surface area contributed by atoms with Crippen LogP contribution in [0.1, 0.15) is 33.2 Å². The molecule has 36 heavy (non-hydrogen) atoms. The number of para-hydroxylation sites is 1. The van der Waals surface area contributed by atoms with Gasteiger partial charge >= 0.3 is 0 Å². The van der Waals surface area contributed by atoms with Gasteiger partial charge in [0.25, 0.3) is 5.91 Å². The molecule has 3 amide bonds. The number of fused-ring (bicyclic) bond motifs is 3. The fourth-order valence-electron chi connectivity index (χ4n) is 4.70. The maximum Gasteiger partial charge on any atom is 0.251 e. The fraction of sp³-hybridized carbons (Fsp3) is 0.370. The molecule has 0 unspecified atom stereocenters. The van der Waals surface area contributed by atoms with Crippen LogP contribution in [0.25, 0.3) is 10.9 Å². The second-order valence-electron chi connectivity index (χ2n) is 10.2. The van der Waals surface area contributed by atoms with Crippen molar-refractivity contribution in [3.8, 4) is 0 Å². The molecule has 1 aromatic heterocycles. The molecule has 0 saturated carbocycles. The number of carbonyl (C=O) groups excluding carboxylic acids is 3. The van der Waals surface area contributed by atoms with E-state index in [1.807, 2.05) is 36.4 Å². The molecule has 9 heteroatoms.